The molecular weight excluding hydrogens is 333 g/mol. The zero-order chi connectivity index (χ0) is 18.7. The second-order valence-corrected chi connectivity index (χ2v) is 6.47. The molecule has 2 amide bonds. The molecule has 0 aliphatic heterocycles. The van der Waals surface area contributed by atoms with Gasteiger partial charge in [-0.05, 0) is 55.3 Å². The standard InChI is InChI=1S/C20H20FN3O2/c1-3-18(25)24(2)16-7-4-14(5-8-16)19(26)23-13-20(10-11-20)17-9-6-15(21)12-22-17/h3-9,12H,1,10-11,13H2,2H3,(H,23,26). The fourth-order valence-electron chi connectivity index (χ4n) is 2.82. The Morgan fingerprint density at radius 2 is 1.96 bits per heavy atom. The molecule has 0 radical (unpaired) electrons. The van der Waals surface area contributed by atoms with Crippen LogP contribution in [0.2, 0.25) is 0 Å². The zero-order valence-corrected chi connectivity index (χ0v) is 14.5. The van der Waals surface area contributed by atoms with Crippen molar-refractivity contribution < 1.29 is 14.0 Å². The summed E-state index contributed by atoms with van der Waals surface area (Å²) in [5, 5.41) is 2.93. The van der Waals surface area contributed by atoms with Crippen molar-refractivity contribution in [3.05, 3.63) is 72.3 Å². The molecule has 1 fully saturated rings. The number of carbonyl (C=O) groups is 2. The van der Waals surface area contributed by atoms with Gasteiger partial charge in [0.1, 0.15) is 5.82 Å². The summed E-state index contributed by atoms with van der Waals surface area (Å²) in [7, 11) is 1.64. The van der Waals surface area contributed by atoms with Crippen LogP contribution in [-0.4, -0.2) is 30.4 Å². The molecule has 1 aromatic heterocycles. The smallest absolute Gasteiger partial charge is 0.251 e. The number of carbonyl (C=O) groups excluding carboxylic acids is 2. The molecule has 1 saturated carbocycles. The normalized spacial score (nSPS) is 14.4. The average Bonchev–Trinajstić information content (AvgIpc) is 3.46. The molecule has 0 saturated heterocycles. The van der Waals surface area contributed by atoms with E-state index in [-0.39, 0.29) is 23.0 Å². The van der Waals surface area contributed by atoms with Crippen molar-refractivity contribution in [2.75, 3.05) is 18.5 Å². The number of hydrogen-bond donors (Lipinski definition) is 1. The van der Waals surface area contributed by atoms with Crippen LogP contribution in [0.5, 0.6) is 0 Å². The maximum atomic E-state index is 13.0. The van der Waals surface area contributed by atoms with E-state index in [9.17, 15) is 14.0 Å². The van der Waals surface area contributed by atoms with E-state index < -0.39 is 0 Å². The molecule has 1 heterocycles. The Morgan fingerprint density at radius 3 is 2.50 bits per heavy atom. The third kappa shape index (κ3) is 3.64. The lowest BCUT2D eigenvalue weighted by molar-refractivity contribution is -0.113. The van der Waals surface area contributed by atoms with Gasteiger partial charge in [-0.3, -0.25) is 14.6 Å². The molecule has 0 atom stereocenters. The molecule has 26 heavy (non-hydrogen) atoms. The number of pyridine rings is 1. The van der Waals surface area contributed by atoms with Crippen LogP contribution in [0.4, 0.5) is 10.1 Å². The highest BCUT2D eigenvalue weighted by atomic mass is 19.1. The fraction of sp³-hybridized carbons (Fsp3) is 0.250. The molecule has 1 aliphatic carbocycles. The van der Waals surface area contributed by atoms with Crippen LogP contribution in [0.3, 0.4) is 0 Å². The molecule has 1 N–H and O–H groups in total. The fourth-order valence-corrected chi connectivity index (χ4v) is 2.82. The minimum Gasteiger partial charge on any atom is -0.351 e. The van der Waals surface area contributed by atoms with Gasteiger partial charge in [-0.25, -0.2) is 4.39 Å². The van der Waals surface area contributed by atoms with E-state index >= 15 is 0 Å². The van der Waals surface area contributed by atoms with Gasteiger partial charge in [0.15, 0.2) is 0 Å². The predicted molar refractivity (Wildman–Crippen MR) is 97.5 cm³/mol. The number of nitrogens with one attached hydrogen (secondary N) is 1. The van der Waals surface area contributed by atoms with Gasteiger partial charge in [-0.15, -0.1) is 0 Å². The van der Waals surface area contributed by atoms with Gasteiger partial charge in [0.2, 0.25) is 5.91 Å². The van der Waals surface area contributed by atoms with E-state index in [1.54, 1.807) is 37.4 Å². The van der Waals surface area contributed by atoms with Crippen LogP contribution >= 0.6 is 0 Å². The van der Waals surface area contributed by atoms with Crippen LogP contribution in [0.15, 0.2) is 55.3 Å². The largest absolute Gasteiger partial charge is 0.351 e. The zero-order valence-electron chi connectivity index (χ0n) is 14.5. The number of amides is 2. The number of benzene rings is 1. The van der Waals surface area contributed by atoms with E-state index in [4.69, 9.17) is 0 Å². The molecule has 1 aliphatic rings. The third-order valence-electron chi connectivity index (χ3n) is 4.73. The summed E-state index contributed by atoms with van der Waals surface area (Å²) in [6.45, 7) is 3.91. The number of hydrogen-bond acceptors (Lipinski definition) is 3. The minimum absolute atomic E-state index is 0.192. The SMILES string of the molecule is C=CC(=O)N(C)c1ccc(C(=O)NCC2(c3ccc(F)cn3)CC2)cc1. The molecule has 1 aromatic carbocycles. The summed E-state index contributed by atoms with van der Waals surface area (Å²) in [5.41, 5.74) is 1.80. The Balaban J connectivity index is 1.62. The quantitative estimate of drug-likeness (QED) is 0.813. The molecule has 6 heteroatoms. The van der Waals surface area contributed by atoms with Crippen molar-refractivity contribution in [3.63, 3.8) is 0 Å². The molecule has 0 bridgehead atoms. The van der Waals surface area contributed by atoms with Gasteiger partial charge in [0.05, 0.1) is 6.20 Å². The number of likely N-dealkylation sites (N-methyl/N-ethyl adjacent to an activating group) is 1. The summed E-state index contributed by atoms with van der Waals surface area (Å²) in [6, 6.07) is 9.84. The summed E-state index contributed by atoms with van der Waals surface area (Å²) in [5.74, 6) is -0.777. The first-order valence-corrected chi connectivity index (χ1v) is 8.36. The second-order valence-electron chi connectivity index (χ2n) is 6.47. The highest BCUT2D eigenvalue weighted by molar-refractivity contribution is 6.01. The highest BCUT2D eigenvalue weighted by Crippen LogP contribution is 2.46. The van der Waals surface area contributed by atoms with Gasteiger partial charge < -0.3 is 10.2 Å². The molecule has 5 nitrogen and oxygen atoms in total. The predicted octanol–water partition coefficient (Wildman–Crippen LogP) is 2.83. The molecule has 0 unspecified atom stereocenters. The third-order valence-corrected chi connectivity index (χ3v) is 4.73. The van der Waals surface area contributed by atoms with Gasteiger partial charge >= 0.3 is 0 Å². The van der Waals surface area contributed by atoms with E-state index in [1.165, 1.54) is 23.2 Å². The number of halogens is 1. The minimum atomic E-state index is -0.367. The molecular formula is C20H20FN3O2. The summed E-state index contributed by atoms with van der Waals surface area (Å²) < 4.78 is 13.0. The Morgan fingerprint density at radius 1 is 1.27 bits per heavy atom. The van der Waals surface area contributed by atoms with Gasteiger partial charge in [-0.2, -0.15) is 0 Å². The van der Waals surface area contributed by atoms with Crippen molar-refractivity contribution >= 4 is 17.5 Å². The maximum absolute atomic E-state index is 13.0. The van der Waals surface area contributed by atoms with Crippen molar-refractivity contribution in [2.24, 2.45) is 0 Å². The molecule has 3 rings (SSSR count). The summed E-state index contributed by atoms with van der Waals surface area (Å²) in [4.78, 5) is 29.6. The van der Waals surface area contributed by atoms with Gasteiger partial charge in [0.25, 0.3) is 5.91 Å². The Kier molecular flexibility index (Phi) is 4.84. The number of nitrogens with zero attached hydrogens (tertiary/aromatic N) is 2. The van der Waals surface area contributed by atoms with Gasteiger partial charge in [-0.1, -0.05) is 6.58 Å². The van der Waals surface area contributed by atoms with Crippen LogP contribution in [-0.2, 0) is 10.2 Å². The summed E-state index contributed by atoms with van der Waals surface area (Å²) in [6.07, 6.45) is 4.27. The van der Waals surface area contributed by atoms with Crippen molar-refractivity contribution in [1.82, 2.24) is 10.3 Å². The lowest BCUT2D eigenvalue weighted by Crippen LogP contribution is -2.32. The highest BCUT2D eigenvalue weighted by Gasteiger charge is 2.45. The number of rotatable bonds is 6. The lowest BCUT2D eigenvalue weighted by Gasteiger charge is -2.17. The summed E-state index contributed by atoms with van der Waals surface area (Å²) >= 11 is 0. The van der Waals surface area contributed by atoms with Crippen LogP contribution < -0.4 is 10.2 Å². The van der Waals surface area contributed by atoms with E-state index in [0.29, 0.717) is 17.8 Å². The lowest BCUT2D eigenvalue weighted by atomic mass is 10.0. The molecule has 134 valence electrons. The first-order valence-electron chi connectivity index (χ1n) is 8.36. The van der Waals surface area contributed by atoms with Crippen molar-refractivity contribution in [1.29, 1.82) is 0 Å². The molecule has 2 aromatic rings. The Hall–Kier alpha value is -3.02. The first kappa shape index (κ1) is 17.8. The topological polar surface area (TPSA) is 62.3 Å². The Bertz CT molecular complexity index is 827. The van der Waals surface area contributed by atoms with Gasteiger partial charge in [0, 0.05) is 36.0 Å². The van der Waals surface area contributed by atoms with E-state index in [2.05, 4.69) is 16.9 Å². The second kappa shape index (κ2) is 7.07. The number of anilines is 1. The van der Waals surface area contributed by atoms with Crippen molar-refractivity contribution in [2.45, 2.75) is 18.3 Å². The Labute approximate surface area is 151 Å². The average molecular weight is 353 g/mol. The number of aromatic nitrogens is 1. The van der Waals surface area contributed by atoms with E-state index in [1.807, 2.05) is 0 Å². The van der Waals surface area contributed by atoms with Crippen LogP contribution in [0, 0.1) is 5.82 Å². The van der Waals surface area contributed by atoms with Crippen molar-refractivity contribution in [3.8, 4) is 0 Å². The van der Waals surface area contributed by atoms with Crippen LogP contribution in [0.25, 0.3) is 0 Å². The first-order chi connectivity index (χ1) is 12.4. The van der Waals surface area contributed by atoms with E-state index in [0.717, 1.165) is 18.5 Å². The maximum Gasteiger partial charge on any atom is 0.251 e. The van der Waals surface area contributed by atoms with Crippen LogP contribution in [0.1, 0.15) is 28.9 Å². The monoisotopic (exact) mass is 353 g/mol. The molecule has 0 spiro atoms.